The SMILES string of the molecule is Cc1ccc2[nH]c3c(=O)n(C[C@H]4CCCO4)cnc3c2c1. The summed E-state index contributed by atoms with van der Waals surface area (Å²) in [4.78, 5) is 20.3. The van der Waals surface area contributed by atoms with E-state index in [1.54, 1.807) is 10.9 Å². The number of aromatic amines is 1. The highest BCUT2D eigenvalue weighted by molar-refractivity contribution is 6.04. The summed E-state index contributed by atoms with van der Waals surface area (Å²) in [7, 11) is 0. The second-order valence-corrected chi connectivity index (χ2v) is 5.73. The molecule has 0 bridgehead atoms. The zero-order valence-corrected chi connectivity index (χ0v) is 11.9. The van der Waals surface area contributed by atoms with E-state index < -0.39 is 0 Å². The predicted octanol–water partition coefficient (Wildman–Crippen LogP) is 2.37. The highest BCUT2D eigenvalue weighted by atomic mass is 16.5. The van der Waals surface area contributed by atoms with E-state index in [0.29, 0.717) is 12.1 Å². The molecule has 21 heavy (non-hydrogen) atoms. The Morgan fingerprint density at radius 1 is 1.48 bits per heavy atom. The molecule has 3 aromatic rings. The minimum Gasteiger partial charge on any atom is -0.376 e. The molecule has 0 unspecified atom stereocenters. The van der Waals surface area contributed by atoms with Crippen molar-refractivity contribution in [2.75, 3.05) is 6.61 Å². The molecule has 1 N–H and O–H groups in total. The average molecular weight is 283 g/mol. The first-order chi connectivity index (χ1) is 10.2. The molecule has 1 aliphatic rings. The van der Waals surface area contributed by atoms with E-state index in [1.165, 1.54) is 0 Å². The fourth-order valence-electron chi connectivity index (χ4n) is 3.04. The third-order valence-corrected chi connectivity index (χ3v) is 4.15. The maximum atomic E-state index is 12.6. The smallest absolute Gasteiger partial charge is 0.277 e. The molecule has 1 aromatic carbocycles. The van der Waals surface area contributed by atoms with Gasteiger partial charge in [0.1, 0.15) is 11.0 Å². The van der Waals surface area contributed by atoms with Gasteiger partial charge in [-0.15, -0.1) is 0 Å². The van der Waals surface area contributed by atoms with Crippen molar-refractivity contribution < 1.29 is 4.74 Å². The lowest BCUT2D eigenvalue weighted by Crippen LogP contribution is -2.26. The molecule has 0 saturated carbocycles. The first-order valence-electron chi connectivity index (χ1n) is 7.31. The van der Waals surface area contributed by atoms with Gasteiger partial charge in [0, 0.05) is 17.5 Å². The number of hydrogen-bond donors (Lipinski definition) is 1. The lowest BCUT2D eigenvalue weighted by atomic mass is 10.2. The molecule has 4 rings (SSSR count). The van der Waals surface area contributed by atoms with Gasteiger partial charge in [0.25, 0.3) is 5.56 Å². The number of H-pyrrole nitrogens is 1. The summed E-state index contributed by atoms with van der Waals surface area (Å²) in [5, 5.41) is 1.01. The number of aryl methyl sites for hydroxylation is 1. The number of rotatable bonds is 2. The molecule has 5 nitrogen and oxygen atoms in total. The van der Waals surface area contributed by atoms with Gasteiger partial charge in [0.05, 0.1) is 19.0 Å². The lowest BCUT2D eigenvalue weighted by Gasteiger charge is -2.10. The average Bonchev–Trinajstić information content (AvgIpc) is 3.09. The van der Waals surface area contributed by atoms with Crippen LogP contribution >= 0.6 is 0 Å². The molecule has 2 aromatic heterocycles. The Labute approximate surface area is 121 Å². The number of hydrogen-bond acceptors (Lipinski definition) is 3. The van der Waals surface area contributed by atoms with Gasteiger partial charge in [-0.2, -0.15) is 0 Å². The van der Waals surface area contributed by atoms with Gasteiger partial charge in [0.2, 0.25) is 0 Å². The van der Waals surface area contributed by atoms with Crippen LogP contribution < -0.4 is 5.56 Å². The van der Waals surface area contributed by atoms with Crippen LogP contribution in [0.5, 0.6) is 0 Å². The Morgan fingerprint density at radius 3 is 3.19 bits per heavy atom. The van der Waals surface area contributed by atoms with E-state index in [4.69, 9.17) is 4.74 Å². The van der Waals surface area contributed by atoms with E-state index in [1.807, 2.05) is 19.1 Å². The highest BCUT2D eigenvalue weighted by Crippen LogP contribution is 2.22. The summed E-state index contributed by atoms with van der Waals surface area (Å²) in [5.41, 5.74) is 3.42. The quantitative estimate of drug-likeness (QED) is 0.785. The van der Waals surface area contributed by atoms with E-state index in [-0.39, 0.29) is 11.7 Å². The molecular formula is C16H17N3O2. The molecule has 108 valence electrons. The van der Waals surface area contributed by atoms with Crippen molar-refractivity contribution in [1.29, 1.82) is 0 Å². The Balaban J connectivity index is 1.86. The van der Waals surface area contributed by atoms with Crippen molar-refractivity contribution in [1.82, 2.24) is 14.5 Å². The second kappa shape index (κ2) is 4.70. The van der Waals surface area contributed by atoms with Crippen LogP contribution in [0.1, 0.15) is 18.4 Å². The van der Waals surface area contributed by atoms with E-state index in [2.05, 4.69) is 16.0 Å². The number of nitrogens with zero attached hydrogens (tertiary/aromatic N) is 2. The van der Waals surface area contributed by atoms with Crippen LogP contribution in [0.25, 0.3) is 21.9 Å². The number of ether oxygens (including phenoxy) is 1. The van der Waals surface area contributed by atoms with Crippen LogP contribution in [0, 0.1) is 6.92 Å². The zero-order valence-electron chi connectivity index (χ0n) is 11.9. The van der Waals surface area contributed by atoms with Crippen molar-refractivity contribution in [2.24, 2.45) is 0 Å². The summed E-state index contributed by atoms with van der Waals surface area (Å²) < 4.78 is 7.25. The maximum absolute atomic E-state index is 12.6. The first kappa shape index (κ1) is 12.6. The molecule has 1 atom stereocenters. The Morgan fingerprint density at radius 2 is 2.38 bits per heavy atom. The summed E-state index contributed by atoms with van der Waals surface area (Å²) >= 11 is 0. The third-order valence-electron chi connectivity index (χ3n) is 4.15. The second-order valence-electron chi connectivity index (χ2n) is 5.73. The van der Waals surface area contributed by atoms with Gasteiger partial charge in [-0.05, 0) is 31.9 Å². The molecule has 1 saturated heterocycles. The number of nitrogens with one attached hydrogen (secondary N) is 1. The van der Waals surface area contributed by atoms with Crippen LogP contribution in [-0.4, -0.2) is 27.2 Å². The van der Waals surface area contributed by atoms with Crippen LogP contribution in [0.2, 0.25) is 0 Å². The molecule has 0 amide bonds. The number of aromatic nitrogens is 3. The largest absolute Gasteiger partial charge is 0.376 e. The highest BCUT2D eigenvalue weighted by Gasteiger charge is 2.18. The molecule has 0 spiro atoms. The van der Waals surface area contributed by atoms with Crippen molar-refractivity contribution in [3.05, 3.63) is 40.4 Å². The summed E-state index contributed by atoms with van der Waals surface area (Å²) in [5.74, 6) is 0. The first-order valence-corrected chi connectivity index (χ1v) is 7.31. The minimum absolute atomic E-state index is 0.0237. The normalized spacial score (nSPS) is 18.8. The van der Waals surface area contributed by atoms with E-state index in [9.17, 15) is 4.79 Å². The standard InChI is InChI=1S/C16H17N3O2/c1-10-4-5-13-12(7-10)14-15(18-13)16(20)19(9-17-14)8-11-3-2-6-21-11/h4-5,7,9,11,18H,2-3,6,8H2,1H3/t11-/m1/s1. The van der Waals surface area contributed by atoms with Gasteiger partial charge in [0.15, 0.2) is 0 Å². The van der Waals surface area contributed by atoms with Crippen molar-refractivity contribution in [3.63, 3.8) is 0 Å². The van der Waals surface area contributed by atoms with Gasteiger partial charge >= 0.3 is 0 Å². The maximum Gasteiger partial charge on any atom is 0.277 e. The molecule has 5 heteroatoms. The molecule has 3 heterocycles. The van der Waals surface area contributed by atoms with Crippen molar-refractivity contribution >= 4 is 21.9 Å². The molecule has 0 aliphatic carbocycles. The minimum atomic E-state index is -0.0237. The van der Waals surface area contributed by atoms with Gasteiger partial charge in [-0.25, -0.2) is 4.98 Å². The molecule has 1 fully saturated rings. The topological polar surface area (TPSA) is 59.9 Å². The van der Waals surface area contributed by atoms with E-state index in [0.717, 1.165) is 41.4 Å². The van der Waals surface area contributed by atoms with Crippen LogP contribution in [0.15, 0.2) is 29.3 Å². The fourth-order valence-corrected chi connectivity index (χ4v) is 3.04. The Hall–Kier alpha value is -2.14. The van der Waals surface area contributed by atoms with Crippen molar-refractivity contribution in [2.45, 2.75) is 32.4 Å². The number of benzene rings is 1. The Kier molecular flexibility index (Phi) is 2.82. The molecular weight excluding hydrogens is 266 g/mol. The fraction of sp³-hybridized carbons (Fsp3) is 0.375. The summed E-state index contributed by atoms with van der Waals surface area (Å²) in [6.07, 6.45) is 3.85. The van der Waals surface area contributed by atoms with Gasteiger partial charge < -0.3 is 9.72 Å². The van der Waals surface area contributed by atoms with Crippen molar-refractivity contribution in [3.8, 4) is 0 Å². The summed E-state index contributed by atoms with van der Waals surface area (Å²) in [6.45, 7) is 3.41. The lowest BCUT2D eigenvalue weighted by molar-refractivity contribution is 0.0960. The van der Waals surface area contributed by atoms with Crippen LogP contribution in [-0.2, 0) is 11.3 Å². The monoisotopic (exact) mass is 283 g/mol. The van der Waals surface area contributed by atoms with Crippen LogP contribution in [0.4, 0.5) is 0 Å². The Bertz CT molecular complexity index is 872. The van der Waals surface area contributed by atoms with Gasteiger partial charge in [-0.3, -0.25) is 9.36 Å². The molecule has 1 aliphatic heterocycles. The van der Waals surface area contributed by atoms with Crippen LogP contribution in [0.3, 0.4) is 0 Å². The van der Waals surface area contributed by atoms with Gasteiger partial charge in [-0.1, -0.05) is 11.6 Å². The third kappa shape index (κ3) is 2.05. The number of fused-ring (bicyclic) bond motifs is 3. The van der Waals surface area contributed by atoms with E-state index >= 15 is 0 Å². The molecule has 0 radical (unpaired) electrons. The summed E-state index contributed by atoms with van der Waals surface area (Å²) in [6, 6.07) is 6.09. The zero-order chi connectivity index (χ0) is 14.4. The predicted molar refractivity (Wildman–Crippen MR) is 81.6 cm³/mol.